The molecule has 4 aromatic rings. The number of amides is 1. The summed E-state index contributed by atoms with van der Waals surface area (Å²) in [4.78, 5) is 53.9. The molecule has 1 aliphatic rings. The molecular weight excluding hydrogens is 556 g/mol. The van der Waals surface area contributed by atoms with Gasteiger partial charge in [0.05, 0.1) is 28.6 Å². The first-order valence-corrected chi connectivity index (χ1v) is 13.2. The molecule has 1 amide bonds. The van der Waals surface area contributed by atoms with E-state index in [-0.39, 0.29) is 23.6 Å². The minimum Gasteiger partial charge on any atom is -0.459 e. The molecule has 0 radical (unpaired) electrons. The maximum Gasteiger partial charge on any atom is 0.338 e. The number of aromatic nitrogens is 1. The van der Waals surface area contributed by atoms with Crippen LogP contribution in [-0.2, 0) is 23.7 Å². The molecule has 0 unspecified atom stereocenters. The summed E-state index contributed by atoms with van der Waals surface area (Å²) in [6.07, 6.45) is -3.09. The molecule has 5 rings (SSSR count). The number of nitrogens with zero attached hydrogens (tertiary/aromatic N) is 1. The van der Waals surface area contributed by atoms with Crippen LogP contribution < -0.4 is 10.1 Å². The molecule has 0 spiro atoms. The average molecular weight is 583 g/mol. The highest BCUT2D eigenvalue weighted by Gasteiger charge is 2.52. The molecule has 0 aliphatic carbocycles. The number of benzene rings is 3. The van der Waals surface area contributed by atoms with Crippen molar-refractivity contribution in [2.45, 2.75) is 24.6 Å². The van der Waals surface area contributed by atoms with Gasteiger partial charge in [0.15, 0.2) is 6.10 Å². The minimum atomic E-state index is -1.32. The molecule has 1 saturated heterocycles. The second kappa shape index (κ2) is 13.9. The minimum absolute atomic E-state index is 0.0669. The van der Waals surface area contributed by atoms with Crippen molar-refractivity contribution in [2.24, 2.45) is 0 Å². The van der Waals surface area contributed by atoms with Gasteiger partial charge < -0.3 is 29.0 Å². The van der Waals surface area contributed by atoms with Gasteiger partial charge in [-0.2, -0.15) is 0 Å². The first-order valence-electron chi connectivity index (χ1n) is 13.2. The van der Waals surface area contributed by atoms with E-state index in [1.807, 2.05) is 0 Å². The third-order valence-electron chi connectivity index (χ3n) is 6.36. The van der Waals surface area contributed by atoms with Gasteiger partial charge in [-0.25, -0.2) is 19.4 Å². The van der Waals surface area contributed by atoms with Crippen LogP contribution in [0.4, 0.5) is 5.69 Å². The third-order valence-corrected chi connectivity index (χ3v) is 6.36. The zero-order chi connectivity index (χ0) is 30.0. The summed E-state index contributed by atoms with van der Waals surface area (Å²) < 4.78 is 29.2. The maximum atomic E-state index is 13.2. The van der Waals surface area contributed by atoms with E-state index in [0.29, 0.717) is 17.7 Å². The van der Waals surface area contributed by atoms with E-state index >= 15 is 0 Å². The smallest absolute Gasteiger partial charge is 0.338 e. The number of pyridine rings is 1. The molecule has 1 fully saturated rings. The Labute approximate surface area is 246 Å². The van der Waals surface area contributed by atoms with Crippen LogP contribution >= 0.6 is 0 Å². The van der Waals surface area contributed by atoms with Crippen LogP contribution in [0, 0.1) is 0 Å². The van der Waals surface area contributed by atoms with Crippen LogP contribution in [0.1, 0.15) is 31.1 Å². The zero-order valence-corrected chi connectivity index (χ0v) is 22.6. The molecular formula is C32H26N2O9. The lowest BCUT2D eigenvalue weighted by atomic mass is 10.1. The summed E-state index contributed by atoms with van der Waals surface area (Å²) in [6.45, 7) is -0.352. The van der Waals surface area contributed by atoms with Gasteiger partial charge in [0.25, 0.3) is 0 Å². The van der Waals surface area contributed by atoms with Crippen molar-refractivity contribution in [3.8, 4) is 5.88 Å². The number of hydrogen-bond acceptors (Lipinski definition) is 10. The molecule has 1 aliphatic heterocycles. The van der Waals surface area contributed by atoms with E-state index in [9.17, 15) is 19.2 Å². The second-order valence-electron chi connectivity index (χ2n) is 9.24. The van der Waals surface area contributed by atoms with Gasteiger partial charge in [-0.05, 0) is 42.5 Å². The Morgan fingerprint density at radius 1 is 0.721 bits per heavy atom. The monoisotopic (exact) mass is 582 g/mol. The highest BCUT2D eigenvalue weighted by Crippen LogP contribution is 2.31. The van der Waals surface area contributed by atoms with Crippen LogP contribution in [0.15, 0.2) is 109 Å². The third kappa shape index (κ3) is 7.40. The lowest BCUT2D eigenvalue weighted by Gasteiger charge is -2.24. The van der Waals surface area contributed by atoms with E-state index < -0.39 is 42.5 Å². The number of ether oxygens (including phenoxy) is 5. The number of rotatable bonds is 11. The predicted octanol–water partition coefficient (Wildman–Crippen LogP) is 4.06. The largest absolute Gasteiger partial charge is 0.459 e. The number of esters is 3. The van der Waals surface area contributed by atoms with E-state index in [2.05, 4.69) is 10.3 Å². The van der Waals surface area contributed by atoms with Gasteiger partial charge in [0, 0.05) is 6.07 Å². The zero-order valence-electron chi connectivity index (χ0n) is 22.6. The Hall–Kier alpha value is -5.55. The quantitative estimate of drug-likeness (QED) is 0.156. The van der Waals surface area contributed by atoms with Crippen LogP contribution in [0.3, 0.4) is 0 Å². The molecule has 11 heteroatoms. The molecule has 43 heavy (non-hydrogen) atoms. The van der Waals surface area contributed by atoms with Crippen molar-refractivity contribution in [1.29, 1.82) is 0 Å². The van der Waals surface area contributed by atoms with Crippen LogP contribution in [0.25, 0.3) is 0 Å². The fourth-order valence-electron chi connectivity index (χ4n) is 4.26. The topological polar surface area (TPSA) is 139 Å². The molecule has 2 heterocycles. The maximum absolute atomic E-state index is 13.2. The summed E-state index contributed by atoms with van der Waals surface area (Å²) in [5, 5.41) is 2.47. The fraction of sp³-hybridized carbons (Fsp3) is 0.156. The summed E-state index contributed by atoms with van der Waals surface area (Å²) >= 11 is 0. The molecule has 1 N–H and O–H groups in total. The average Bonchev–Trinajstić information content (AvgIpc) is 3.36. The SMILES string of the molecule is O=CNc1ccc(O[C@@H]2O[C@H](COC(=O)c3ccccc3)[C@@H](OC(=O)c3ccccc3)[C@H]2OC(=O)c2ccccc2)nc1. The van der Waals surface area contributed by atoms with Crippen molar-refractivity contribution >= 4 is 30.0 Å². The normalized spacial score (nSPS) is 19.1. The van der Waals surface area contributed by atoms with Crippen molar-refractivity contribution in [3.05, 3.63) is 126 Å². The standard InChI is InChI=1S/C32H26N2O9/c35-20-34-24-16-17-26(33-18-24)41-32-28(43-31(38)23-14-8-3-9-15-23)27(42-30(37)22-12-6-2-7-13-22)25(40-32)19-39-29(36)21-10-4-1-5-11-21/h1-18,20,25,27-28,32H,19H2,(H,34,35)/t25-,27-,28-,32+/m1/s1. The molecule has 1 aromatic heterocycles. The Morgan fingerprint density at radius 2 is 1.26 bits per heavy atom. The first-order chi connectivity index (χ1) is 21.0. The van der Waals surface area contributed by atoms with Crippen molar-refractivity contribution in [3.63, 3.8) is 0 Å². The summed E-state index contributed by atoms with van der Waals surface area (Å²) in [5.41, 5.74) is 1.23. The Bertz CT molecular complexity index is 1530. The van der Waals surface area contributed by atoms with Gasteiger partial charge >= 0.3 is 17.9 Å². The number of carbonyl (C=O) groups is 4. The van der Waals surface area contributed by atoms with E-state index in [0.717, 1.165) is 0 Å². The lowest BCUT2D eigenvalue weighted by molar-refractivity contribution is -0.121. The van der Waals surface area contributed by atoms with Crippen molar-refractivity contribution in [2.75, 3.05) is 11.9 Å². The first kappa shape index (κ1) is 29.0. The Balaban J connectivity index is 1.43. The molecule has 11 nitrogen and oxygen atoms in total. The fourth-order valence-corrected chi connectivity index (χ4v) is 4.26. The van der Waals surface area contributed by atoms with Crippen LogP contribution in [-0.4, -0.2) is 60.5 Å². The van der Waals surface area contributed by atoms with Gasteiger partial charge in [-0.3, -0.25) is 4.79 Å². The van der Waals surface area contributed by atoms with Crippen LogP contribution in [0.5, 0.6) is 5.88 Å². The summed E-state index contributed by atoms with van der Waals surface area (Å²) in [6, 6.07) is 27.8. The lowest BCUT2D eigenvalue weighted by Crippen LogP contribution is -2.43. The van der Waals surface area contributed by atoms with Crippen LogP contribution in [0.2, 0.25) is 0 Å². The van der Waals surface area contributed by atoms with Gasteiger partial charge in [-0.15, -0.1) is 0 Å². The molecule has 218 valence electrons. The Kier molecular flexibility index (Phi) is 9.35. The second-order valence-corrected chi connectivity index (χ2v) is 9.24. The highest BCUT2D eigenvalue weighted by atomic mass is 16.7. The van der Waals surface area contributed by atoms with E-state index in [1.165, 1.54) is 12.3 Å². The van der Waals surface area contributed by atoms with Gasteiger partial charge in [0.2, 0.25) is 24.7 Å². The number of anilines is 1. The molecule has 3 aromatic carbocycles. The van der Waals surface area contributed by atoms with E-state index in [1.54, 1.807) is 97.1 Å². The number of hydrogen-bond donors (Lipinski definition) is 1. The molecule has 0 bridgehead atoms. The van der Waals surface area contributed by atoms with Gasteiger partial charge in [0.1, 0.15) is 12.7 Å². The van der Waals surface area contributed by atoms with Crippen molar-refractivity contribution < 1.29 is 42.9 Å². The molecule has 4 atom stereocenters. The Morgan fingerprint density at radius 3 is 1.77 bits per heavy atom. The molecule has 0 saturated carbocycles. The number of nitrogens with one attached hydrogen (secondary N) is 1. The number of carbonyl (C=O) groups excluding carboxylic acids is 4. The highest BCUT2D eigenvalue weighted by molar-refractivity contribution is 5.91. The van der Waals surface area contributed by atoms with Gasteiger partial charge in [-0.1, -0.05) is 54.6 Å². The summed E-state index contributed by atoms with van der Waals surface area (Å²) in [7, 11) is 0. The summed E-state index contributed by atoms with van der Waals surface area (Å²) in [5.74, 6) is -1.99. The van der Waals surface area contributed by atoms with Crippen molar-refractivity contribution in [1.82, 2.24) is 4.98 Å². The predicted molar refractivity (Wildman–Crippen MR) is 151 cm³/mol. The van der Waals surface area contributed by atoms with E-state index in [4.69, 9.17) is 23.7 Å².